The van der Waals surface area contributed by atoms with Crippen LogP contribution in [0.5, 0.6) is 11.5 Å². The van der Waals surface area contributed by atoms with E-state index in [1.54, 1.807) is 31.4 Å². The van der Waals surface area contributed by atoms with Crippen molar-refractivity contribution < 1.29 is 14.3 Å². The van der Waals surface area contributed by atoms with E-state index in [2.05, 4.69) is 22.6 Å². The van der Waals surface area contributed by atoms with Crippen LogP contribution < -0.4 is 14.4 Å². The Morgan fingerprint density at radius 2 is 2.00 bits per heavy atom. The quantitative estimate of drug-likeness (QED) is 0.238. The summed E-state index contributed by atoms with van der Waals surface area (Å²) in [5, 5.41) is 0.783. The van der Waals surface area contributed by atoms with Gasteiger partial charge < -0.3 is 9.47 Å². The number of ether oxygens (including phenoxy) is 2. The van der Waals surface area contributed by atoms with Gasteiger partial charge in [0.1, 0.15) is 0 Å². The number of benzene rings is 2. The lowest BCUT2D eigenvalue weighted by Gasteiger charge is -2.15. The molecular weight excluding hydrogens is 552 g/mol. The first-order valence-corrected chi connectivity index (χ1v) is 11.1. The van der Waals surface area contributed by atoms with Gasteiger partial charge in [-0.05, 0) is 71.5 Å². The molecule has 1 aliphatic rings. The summed E-state index contributed by atoms with van der Waals surface area (Å²) in [5.74, 6) is 1.09. The number of halogens is 3. The van der Waals surface area contributed by atoms with Crippen LogP contribution >= 0.6 is 69.8 Å². The summed E-state index contributed by atoms with van der Waals surface area (Å²) in [6, 6.07) is 8.74. The van der Waals surface area contributed by atoms with Crippen LogP contribution in [0.25, 0.3) is 6.08 Å². The number of carbonyl (C=O) groups excluding carboxylic acids is 1. The predicted molar refractivity (Wildman–Crippen MR) is 129 cm³/mol. The van der Waals surface area contributed by atoms with Crippen LogP contribution in [0.2, 0.25) is 10.0 Å². The van der Waals surface area contributed by atoms with Crippen molar-refractivity contribution in [2.24, 2.45) is 0 Å². The summed E-state index contributed by atoms with van der Waals surface area (Å²) in [5.41, 5.74) is 1.40. The van der Waals surface area contributed by atoms with Gasteiger partial charge in [0.15, 0.2) is 15.8 Å². The SMILES string of the molecule is CCOc1c(I)cc(/C=C2\SC(=S)N(c3ccc(Cl)c(Cl)c3)C2=O)cc1OC. The molecule has 4 nitrogen and oxygen atoms in total. The van der Waals surface area contributed by atoms with Crippen molar-refractivity contribution in [1.29, 1.82) is 0 Å². The molecule has 0 unspecified atom stereocenters. The Balaban J connectivity index is 1.95. The lowest BCUT2D eigenvalue weighted by atomic mass is 10.1. The summed E-state index contributed by atoms with van der Waals surface area (Å²) < 4.78 is 12.4. The van der Waals surface area contributed by atoms with E-state index >= 15 is 0 Å². The van der Waals surface area contributed by atoms with Crippen LogP contribution in [0.15, 0.2) is 35.2 Å². The highest BCUT2D eigenvalue weighted by atomic mass is 127. The van der Waals surface area contributed by atoms with Crippen molar-refractivity contribution in [3.63, 3.8) is 0 Å². The number of hydrogen-bond acceptors (Lipinski definition) is 5. The number of rotatable bonds is 5. The Labute approximate surface area is 196 Å². The Hall–Kier alpha value is -1.00. The number of amides is 1. The molecule has 2 aromatic carbocycles. The number of carbonyl (C=O) groups is 1. The molecule has 146 valence electrons. The highest BCUT2D eigenvalue weighted by molar-refractivity contribution is 14.1. The fourth-order valence-corrected chi connectivity index (χ4v) is 4.95. The van der Waals surface area contributed by atoms with E-state index in [9.17, 15) is 4.79 Å². The molecule has 1 saturated heterocycles. The van der Waals surface area contributed by atoms with Gasteiger partial charge in [0.2, 0.25) is 0 Å². The normalized spacial score (nSPS) is 15.5. The number of nitrogens with zero attached hydrogens (tertiary/aromatic N) is 1. The third-order valence-electron chi connectivity index (χ3n) is 3.79. The Kier molecular flexibility index (Phi) is 7.14. The molecule has 1 fully saturated rings. The topological polar surface area (TPSA) is 38.8 Å². The van der Waals surface area contributed by atoms with Gasteiger partial charge in [0, 0.05) is 0 Å². The second kappa shape index (κ2) is 9.21. The van der Waals surface area contributed by atoms with Gasteiger partial charge in [-0.2, -0.15) is 0 Å². The Morgan fingerprint density at radius 1 is 1.25 bits per heavy atom. The van der Waals surface area contributed by atoms with Crippen molar-refractivity contribution >= 4 is 91.8 Å². The third-order valence-corrected chi connectivity index (χ3v) is 6.64. The first kappa shape index (κ1) is 21.7. The van der Waals surface area contributed by atoms with E-state index < -0.39 is 0 Å². The van der Waals surface area contributed by atoms with Gasteiger partial charge in [0.25, 0.3) is 5.91 Å². The molecule has 0 atom stereocenters. The minimum atomic E-state index is -0.212. The number of methoxy groups -OCH3 is 1. The van der Waals surface area contributed by atoms with E-state index in [1.165, 1.54) is 16.7 Å². The molecule has 0 saturated carbocycles. The molecule has 28 heavy (non-hydrogen) atoms. The predicted octanol–water partition coefficient (Wildman–Crippen LogP) is 6.41. The summed E-state index contributed by atoms with van der Waals surface area (Å²) in [6.07, 6.45) is 1.79. The van der Waals surface area contributed by atoms with Crippen molar-refractivity contribution in [2.45, 2.75) is 6.92 Å². The van der Waals surface area contributed by atoms with E-state index in [4.69, 9.17) is 44.9 Å². The second-order valence-electron chi connectivity index (χ2n) is 5.58. The standard InChI is InChI=1S/C19H14Cl2INO3S2/c1-3-26-17-14(22)6-10(7-15(17)25-2)8-16-18(24)23(19(27)28-16)11-4-5-12(20)13(21)9-11/h4-9H,3H2,1-2H3/b16-8-. The van der Waals surface area contributed by atoms with Crippen LogP contribution in [-0.2, 0) is 4.79 Å². The van der Waals surface area contributed by atoms with Crippen LogP contribution in [0.3, 0.4) is 0 Å². The van der Waals surface area contributed by atoms with E-state index in [0.29, 0.717) is 43.1 Å². The largest absolute Gasteiger partial charge is 0.493 e. The van der Waals surface area contributed by atoms with Gasteiger partial charge in [-0.25, -0.2) is 0 Å². The van der Waals surface area contributed by atoms with Crippen LogP contribution in [0.1, 0.15) is 12.5 Å². The summed E-state index contributed by atoms with van der Waals surface area (Å²) >= 11 is 20.9. The fourth-order valence-electron chi connectivity index (χ4n) is 2.57. The van der Waals surface area contributed by atoms with E-state index in [1.807, 2.05) is 19.1 Å². The highest BCUT2D eigenvalue weighted by Gasteiger charge is 2.33. The molecule has 0 aromatic heterocycles. The average Bonchev–Trinajstić information content (AvgIpc) is 2.93. The van der Waals surface area contributed by atoms with Crippen molar-refractivity contribution in [3.05, 3.63) is 54.4 Å². The molecule has 1 heterocycles. The number of anilines is 1. The first-order chi connectivity index (χ1) is 13.3. The Morgan fingerprint density at radius 3 is 2.64 bits per heavy atom. The summed E-state index contributed by atoms with van der Waals surface area (Å²) in [6.45, 7) is 2.45. The number of hydrogen-bond donors (Lipinski definition) is 0. The molecule has 3 rings (SSSR count). The van der Waals surface area contributed by atoms with Crippen molar-refractivity contribution in [3.8, 4) is 11.5 Å². The van der Waals surface area contributed by atoms with E-state index in [0.717, 1.165) is 9.13 Å². The van der Waals surface area contributed by atoms with Crippen LogP contribution in [-0.4, -0.2) is 23.9 Å². The van der Waals surface area contributed by atoms with Gasteiger partial charge in [0.05, 0.1) is 37.9 Å². The molecule has 2 aromatic rings. The van der Waals surface area contributed by atoms with Crippen molar-refractivity contribution in [2.75, 3.05) is 18.6 Å². The molecule has 9 heteroatoms. The van der Waals surface area contributed by atoms with Crippen LogP contribution in [0, 0.1) is 3.57 Å². The lowest BCUT2D eigenvalue weighted by Crippen LogP contribution is -2.27. The minimum absolute atomic E-state index is 0.212. The number of thioether (sulfide) groups is 1. The molecule has 0 spiro atoms. The van der Waals surface area contributed by atoms with Gasteiger partial charge >= 0.3 is 0 Å². The first-order valence-electron chi connectivity index (χ1n) is 8.09. The zero-order chi connectivity index (χ0) is 20.4. The van der Waals surface area contributed by atoms with Gasteiger partial charge in [-0.3, -0.25) is 9.69 Å². The second-order valence-corrected chi connectivity index (χ2v) is 9.24. The Bertz CT molecular complexity index is 997. The maximum atomic E-state index is 12.9. The molecule has 0 N–H and O–H groups in total. The smallest absolute Gasteiger partial charge is 0.270 e. The molecule has 1 aliphatic heterocycles. The number of thiocarbonyl (C=S) groups is 1. The van der Waals surface area contributed by atoms with E-state index in [-0.39, 0.29) is 5.91 Å². The maximum Gasteiger partial charge on any atom is 0.270 e. The third kappa shape index (κ3) is 4.43. The molecule has 0 bridgehead atoms. The lowest BCUT2D eigenvalue weighted by molar-refractivity contribution is -0.113. The molecule has 0 radical (unpaired) electrons. The molecule has 0 aliphatic carbocycles. The maximum absolute atomic E-state index is 12.9. The average molecular weight is 566 g/mol. The summed E-state index contributed by atoms with van der Waals surface area (Å²) in [7, 11) is 1.58. The van der Waals surface area contributed by atoms with Gasteiger partial charge in [-0.1, -0.05) is 47.2 Å². The zero-order valence-electron chi connectivity index (χ0n) is 14.8. The van der Waals surface area contributed by atoms with Crippen molar-refractivity contribution in [1.82, 2.24) is 0 Å². The monoisotopic (exact) mass is 565 g/mol. The fraction of sp³-hybridized carbons (Fsp3) is 0.158. The zero-order valence-corrected chi connectivity index (χ0v) is 20.1. The molecular formula is C19H14Cl2INO3S2. The van der Waals surface area contributed by atoms with Crippen LogP contribution in [0.4, 0.5) is 5.69 Å². The highest BCUT2D eigenvalue weighted by Crippen LogP contribution is 2.39. The summed E-state index contributed by atoms with van der Waals surface area (Å²) in [4.78, 5) is 14.9. The molecule has 1 amide bonds. The van der Waals surface area contributed by atoms with Gasteiger partial charge in [-0.15, -0.1) is 0 Å². The minimum Gasteiger partial charge on any atom is -0.493 e.